The van der Waals surface area contributed by atoms with Gasteiger partial charge in [-0.25, -0.2) is 18.4 Å². The fourth-order valence-corrected chi connectivity index (χ4v) is 5.28. The van der Waals surface area contributed by atoms with E-state index >= 15 is 0 Å². The summed E-state index contributed by atoms with van der Waals surface area (Å²) in [6.45, 7) is 2.54. The standard InChI is InChI=1S/C17H19N5O3S2/c1-2-27(24,25)22-8-7-13-15(9-22)26-17(19-13)20-16(23)10-21-11-18-12-5-3-4-6-14(12)21/h3-6,11H,2,7-10H2,1H3,(H,19,20,23). The van der Waals surface area contributed by atoms with Gasteiger partial charge in [0.1, 0.15) is 6.54 Å². The van der Waals surface area contributed by atoms with Gasteiger partial charge >= 0.3 is 0 Å². The Labute approximate surface area is 160 Å². The number of aromatic nitrogens is 3. The average Bonchev–Trinajstić information content (AvgIpc) is 3.24. The van der Waals surface area contributed by atoms with Crippen LogP contribution in [0.2, 0.25) is 0 Å². The summed E-state index contributed by atoms with van der Waals surface area (Å²) in [5.41, 5.74) is 2.60. The van der Waals surface area contributed by atoms with Gasteiger partial charge in [0.25, 0.3) is 0 Å². The summed E-state index contributed by atoms with van der Waals surface area (Å²) < 4.78 is 27.4. The van der Waals surface area contributed by atoms with Crippen molar-refractivity contribution in [2.75, 3.05) is 17.6 Å². The number of nitrogens with one attached hydrogen (secondary N) is 1. The van der Waals surface area contributed by atoms with Gasteiger partial charge in [0.2, 0.25) is 15.9 Å². The van der Waals surface area contributed by atoms with Gasteiger partial charge in [-0.15, -0.1) is 11.3 Å². The molecular weight excluding hydrogens is 386 g/mol. The van der Waals surface area contributed by atoms with Crippen molar-refractivity contribution in [3.8, 4) is 0 Å². The zero-order chi connectivity index (χ0) is 19.0. The zero-order valence-corrected chi connectivity index (χ0v) is 16.4. The molecule has 8 nitrogen and oxygen atoms in total. The maximum absolute atomic E-state index is 12.4. The number of nitrogens with zero attached hydrogens (tertiary/aromatic N) is 4. The number of imidazole rings is 1. The van der Waals surface area contributed by atoms with E-state index in [0.717, 1.165) is 21.6 Å². The van der Waals surface area contributed by atoms with Crippen LogP contribution in [-0.4, -0.2) is 45.5 Å². The number of thiazole rings is 1. The molecule has 0 fully saturated rings. The zero-order valence-electron chi connectivity index (χ0n) is 14.8. The molecule has 10 heteroatoms. The van der Waals surface area contributed by atoms with Crippen molar-refractivity contribution in [1.29, 1.82) is 0 Å². The molecule has 3 aromatic rings. The molecule has 2 aromatic heterocycles. The molecule has 0 saturated carbocycles. The van der Waals surface area contributed by atoms with Crippen molar-refractivity contribution in [3.05, 3.63) is 41.2 Å². The first-order valence-corrected chi connectivity index (χ1v) is 11.0. The number of amides is 1. The number of hydrogen-bond acceptors (Lipinski definition) is 6. The predicted octanol–water partition coefficient (Wildman–Crippen LogP) is 1.84. The SMILES string of the molecule is CCS(=O)(=O)N1CCc2nc(NC(=O)Cn3cnc4ccccc43)sc2C1. The molecule has 0 aliphatic carbocycles. The minimum Gasteiger partial charge on any atom is -0.321 e. The van der Waals surface area contributed by atoms with E-state index < -0.39 is 10.0 Å². The van der Waals surface area contributed by atoms with E-state index in [1.54, 1.807) is 17.8 Å². The molecule has 3 heterocycles. The second kappa shape index (κ2) is 7.02. The Kier molecular flexibility index (Phi) is 4.70. The minimum absolute atomic E-state index is 0.0869. The molecule has 1 aliphatic rings. The Bertz CT molecular complexity index is 1100. The number of carbonyl (C=O) groups excluding carboxylic acids is 1. The fraction of sp³-hybridized carbons (Fsp3) is 0.353. The monoisotopic (exact) mass is 405 g/mol. The Morgan fingerprint density at radius 3 is 2.96 bits per heavy atom. The van der Waals surface area contributed by atoms with Gasteiger partial charge in [0, 0.05) is 24.4 Å². The lowest BCUT2D eigenvalue weighted by Crippen LogP contribution is -2.36. The molecule has 1 N–H and O–H groups in total. The van der Waals surface area contributed by atoms with Crippen LogP contribution < -0.4 is 5.32 Å². The van der Waals surface area contributed by atoms with Crippen molar-refractivity contribution in [2.24, 2.45) is 0 Å². The average molecular weight is 406 g/mol. The molecule has 0 unspecified atom stereocenters. The number of fused-ring (bicyclic) bond motifs is 2. The number of hydrogen-bond donors (Lipinski definition) is 1. The number of carbonyl (C=O) groups is 1. The molecule has 0 spiro atoms. The number of benzene rings is 1. The molecule has 0 radical (unpaired) electrons. The maximum atomic E-state index is 12.4. The first kappa shape index (κ1) is 18.1. The van der Waals surface area contributed by atoms with Crippen molar-refractivity contribution in [2.45, 2.75) is 26.4 Å². The summed E-state index contributed by atoms with van der Waals surface area (Å²) in [4.78, 5) is 22.0. The Balaban J connectivity index is 1.46. The number of para-hydroxylation sites is 2. The van der Waals surface area contributed by atoms with Crippen molar-refractivity contribution >= 4 is 43.4 Å². The third kappa shape index (κ3) is 3.60. The molecule has 0 saturated heterocycles. The topological polar surface area (TPSA) is 97.2 Å². The van der Waals surface area contributed by atoms with Crippen LogP contribution in [0.5, 0.6) is 0 Å². The molecule has 0 atom stereocenters. The normalized spacial score (nSPS) is 15.0. The van der Waals surface area contributed by atoms with Crippen LogP contribution >= 0.6 is 11.3 Å². The fourth-order valence-electron chi connectivity index (χ4n) is 3.10. The summed E-state index contributed by atoms with van der Waals surface area (Å²) in [5.74, 6) is -0.105. The van der Waals surface area contributed by atoms with E-state index in [0.29, 0.717) is 24.6 Å². The molecule has 1 aliphatic heterocycles. The van der Waals surface area contributed by atoms with Crippen LogP contribution in [0, 0.1) is 0 Å². The lowest BCUT2D eigenvalue weighted by molar-refractivity contribution is -0.116. The lowest BCUT2D eigenvalue weighted by Gasteiger charge is -2.24. The summed E-state index contributed by atoms with van der Waals surface area (Å²) in [6, 6.07) is 7.63. The van der Waals surface area contributed by atoms with Crippen LogP contribution in [0.4, 0.5) is 5.13 Å². The molecule has 27 heavy (non-hydrogen) atoms. The molecule has 1 amide bonds. The summed E-state index contributed by atoms with van der Waals surface area (Å²) in [6.07, 6.45) is 2.21. The van der Waals surface area contributed by atoms with Gasteiger partial charge in [-0.3, -0.25) is 4.79 Å². The van der Waals surface area contributed by atoms with Crippen LogP contribution in [-0.2, 0) is 34.3 Å². The van der Waals surface area contributed by atoms with E-state index in [9.17, 15) is 13.2 Å². The second-order valence-corrected chi connectivity index (χ2v) is 9.62. The second-order valence-electron chi connectivity index (χ2n) is 6.28. The minimum atomic E-state index is -3.22. The highest BCUT2D eigenvalue weighted by atomic mass is 32.2. The van der Waals surface area contributed by atoms with E-state index in [4.69, 9.17) is 0 Å². The first-order valence-electron chi connectivity index (χ1n) is 8.62. The summed E-state index contributed by atoms with van der Waals surface area (Å²) in [7, 11) is -3.22. The van der Waals surface area contributed by atoms with E-state index in [1.165, 1.54) is 15.6 Å². The summed E-state index contributed by atoms with van der Waals surface area (Å²) >= 11 is 1.34. The Morgan fingerprint density at radius 1 is 1.33 bits per heavy atom. The van der Waals surface area contributed by atoms with Gasteiger partial charge < -0.3 is 9.88 Å². The van der Waals surface area contributed by atoms with Crippen LogP contribution in [0.25, 0.3) is 11.0 Å². The van der Waals surface area contributed by atoms with Crippen LogP contribution in [0.15, 0.2) is 30.6 Å². The van der Waals surface area contributed by atoms with Gasteiger partial charge in [-0.1, -0.05) is 12.1 Å². The highest BCUT2D eigenvalue weighted by molar-refractivity contribution is 7.89. The predicted molar refractivity (Wildman–Crippen MR) is 104 cm³/mol. The highest BCUT2D eigenvalue weighted by Gasteiger charge is 2.28. The van der Waals surface area contributed by atoms with Gasteiger partial charge in [-0.05, 0) is 19.1 Å². The van der Waals surface area contributed by atoms with Crippen LogP contribution in [0.1, 0.15) is 17.5 Å². The first-order chi connectivity index (χ1) is 13.0. The third-order valence-corrected chi connectivity index (χ3v) is 7.37. The quantitative estimate of drug-likeness (QED) is 0.699. The molecule has 0 bridgehead atoms. The van der Waals surface area contributed by atoms with Gasteiger partial charge in [0.15, 0.2) is 5.13 Å². The van der Waals surface area contributed by atoms with Crippen molar-refractivity contribution in [1.82, 2.24) is 18.8 Å². The van der Waals surface area contributed by atoms with E-state index in [1.807, 2.05) is 24.3 Å². The van der Waals surface area contributed by atoms with Crippen molar-refractivity contribution in [3.63, 3.8) is 0 Å². The smallest absolute Gasteiger partial charge is 0.246 e. The highest BCUT2D eigenvalue weighted by Crippen LogP contribution is 2.29. The number of sulfonamides is 1. The summed E-state index contributed by atoms with van der Waals surface area (Å²) in [5, 5.41) is 3.33. The largest absolute Gasteiger partial charge is 0.321 e. The van der Waals surface area contributed by atoms with Crippen molar-refractivity contribution < 1.29 is 13.2 Å². The molecular formula is C17H19N5O3S2. The maximum Gasteiger partial charge on any atom is 0.246 e. The lowest BCUT2D eigenvalue weighted by atomic mass is 10.2. The van der Waals surface area contributed by atoms with Crippen LogP contribution in [0.3, 0.4) is 0 Å². The van der Waals surface area contributed by atoms with E-state index in [-0.39, 0.29) is 18.2 Å². The Hall–Kier alpha value is -2.30. The number of anilines is 1. The van der Waals surface area contributed by atoms with Gasteiger partial charge in [0.05, 0.1) is 28.8 Å². The number of rotatable bonds is 5. The Morgan fingerprint density at radius 2 is 2.15 bits per heavy atom. The molecule has 4 rings (SSSR count). The molecule has 1 aromatic carbocycles. The molecule has 142 valence electrons. The third-order valence-electron chi connectivity index (χ3n) is 4.54. The van der Waals surface area contributed by atoms with E-state index in [2.05, 4.69) is 15.3 Å². The van der Waals surface area contributed by atoms with Gasteiger partial charge in [-0.2, -0.15) is 4.31 Å².